The molecule has 0 atom stereocenters. The van der Waals surface area contributed by atoms with Crippen LogP contribution < -0.4 is 10.6 Å². The van der Waals surface area contributed by atoms with Crippen LogP contribution in [0.5, 0.6) is 0 Å². The second-order valence-corrected chi connectivity index (χ2v) is 7.77. The number of amides is 2. The van der Waals surface area contributed by atoms with Crippen LogP contribution in [0.15, 0.2) is 53.9 Å². The Morgan fingerprint density at radius 2 is 1.62 bits per heavy atom. The van der Waals surface area contributed by atoms with Crippen LogP contribution in [0.25, 0.3) is 0 Å². The van der Waals surface area contributed by atoms with E-state index in [1.807, 2.05) is 50.2 Å². The fraction of sp³-hybridized carbons (Fsp3) is 0.227. The molecule has 0 unspecified atom stereocenters. The van der Waals surface area contributed by atoms with Gasteiger partial charge in [0.05, 0.1) is 11.3 Å². The Morgan fingerprint density at radius 3 is 2.34 bits per heavy atom. The number of carbonyl (C=O) groups is 2. The second-order valence-electron chi connectivity index (χ2n) is 6.83. The van der Waals surface area contributed by atoms with Crippen molar-refractivity contribution in [2.45, 2.75) is 19.9 Å². The zero-order valence-electron chi connectivity index (χ0n) is 16.7. The third-order valence-electron chi connectivity index (χ3n) is 4.30. The van der Waals surface area contributed by atoms with E-state index in [0.29, 0.717) is 23.5 Å². The summed E-state index contributed by atoms with van der Waals surface area (Å²) in [6, 6.07) is 14.6. The number of hydrogen-bond acceptors (Lipinski definition) is 5. The Balaban J connectivity index is 1.77. The largest absolute Gasteiger partial charge is 0.322 e. The highest BCUT2D eigenvalue weighted by molar-refractivity contribution is 7.09. The Kier molecular flexibility index (Phi) is 6.74. The first-order valence-electron chi connectivity index (χ1n) is 9.36. The minimum atomic E-state index is -0.333. The first-order valence-corrected chi connectivity index (χ1v) is 10.2. The molecular weight excluding hydrogens is 384 g/mol. The third-order valence-corrected chi connectivity index (χ3v) is 5.14. The van der Waals surface area contributed by atoms with Gasteiger partial charge in [-0.15, -0.1) is 11.3 Å². The summed E-state index contributed by atoms with van der Waals surface area (Å²) in [6.07, 6.45) is 0.813. The molecule has 0 aliphatic carbocycles. The molecule has 7 heteroatoms. The number of rotatable bonds is 7. The first kappa shape index (κ1) is 20.7. The van der Waals surface area contributed by atoms with Gasteiger partial charge in [0, 0.05) is 17.6 Å². The topological polar surface area (TPSA) is 74.3 Å². The molecule has 1 heterocycles. The average molecular weight is 409 g/mol. The van der Waals surface area contributed by atoms with Gasteiger partial charge in [0.25, 0.3) is 11.8 Å². The summed E-state index contributed by atoms with van der Waals surface area (Å²) < 4.78 is 0. The number of nitrogens with zero attached hydrogens (tertiary/aromatic N) is 2. The summed E-state index contributed by atoms with van der Waals surface area (Å²) in [4.78, 5) is 31.9. The second kappa shape index (κ2) is 9.45. The van der Waals surface area contributed by atoms with Gasteiger partial charge in [-0.3, -0.25) is 9.59 Å². The van der Waals surface area contributed by atoms with Crippen LogP contribution in [0.1, 0.15) is 38.3 Å². The van der Waals surface area contributed by atoms with E-state index in [0.717, 1.165) is 22.7 Å². The van der Waals surface area contributed by atoms with Gasteiger partial charge < -0.3 is 15.5 Å². The van der Waals surface area contributed by atoms with Crippen molar-refractivity contribution < 1.29 is 9.59 Å². The number of benzene rings is 2. The zero-order chi connectivity index (χ0) is 20.8. The van der Waals surface area contributed by atoms with Gasteiger partial charge in [-0.1, -0.05) is 37.3 Å². The van der Waals surface area contributed by atoms with Crippen molar-refractivity contribution in [2.24, 2.45) is 0 Å². The molecule has 3 rings (SSSR count). The molecule has 0 aliphatic heterocycles. The van der Waals surface area contributed by atoms with Crippen molar-refractivity contribution >= 4 is 34.5 Å². The Morgan fingerprint density at radius 1 is 0.966 bits per heavy atom. The average Bonchev–Trinajstić information content (AvgIpc) is 3.16. The fourth-order valence-corrected chi connectivity index (χ4v) is 3.77. The lowest BCUT2D eigenvalue weighted by atomic mass is 10.1. The molecule has 6 nitrogen and oxygen atoms in total. The maximum atomic E-state index is 12.9. The van der Waals surface area contributed by atoms with Gasteiger partial charge in [-0.25, -0.2) is 4.98 Å². The van der Waals surface area contributed by atoms with Crippen molar-refractivity contribution in [3.63, 3.8) is 0 Å². The predicted octanol–water partition coefficient (Wildman–Crippen LogP) is 4.27. The zero-order valence-corrected chi connectivity index (χ0v) is 17.5. The monoisotopic (exact) mass is 408 g/mol. The normalized spacial score (nSPS) is 10.8. The van der Waals surface area contributed by atoms with E-state index in [1.54, 1.807) is 29.6 Å². The van der Waals surface area contributed by atoms with Gasteiger partial charge in [0.15, 0.2) is 0 Å². The van der Waals surface area contributed by atoms with Crippen molar-refractivity contribution in [1.82, 2.24) is 9.88 Å². The fourth-order valence-electron chi connectivity index (χ4n) is 2.87. The van der Waals surface area contributed by atoms with Crippen LogP contribution in [0, 0.1) is 0 Å². The molecule has 2 N–H and O–H groups in total. The number of anilines is 2. The minimum absolute atomic E-state index is 0.270. The molecular formula is C22H24N4O2S. The Hall–Kier alpha value is -3.03. The molecule has 0 aliphatic rings. The number of nitrogens with one attached hydrogen (secondary N) is 2. The van der Waals surface area contributed by atoms with Crippen molar-refractivity contribution in [3.05, 3.63) is 75.7 Å². The van der Waals surface area contributed by atoms with E-state index in [9.17, 15) is 9.59 Å². The predicted molar refractivity (Wildman–Crippen MR) is 118 cm³/mol. The van der Waals surface area contributed by atoms with E-state index in [-0.39, 0.29) is 11.8 Å². The van der Waals surface area contributed by atoms with E-state index < -0.39 is 0 Å². The number of aryl methyl sites for hydroxylation is 1. The minimum Gasteiger partial charge on any atom is -0.322 e. The number of hydrogen-bond donors (Lipinski definition) is 2. The summed E-state index contributed by atoms with van der Waals surface area (Å²) in [5.41, 5.74) is 3.02. The number of thiazole rings is 1. The summed E-state index contributed by atoms with van der Waals surface area (Å²) in [7, 11) is 3.90. The van der Waals surface area contributed by atoms with Crippen LogP contribution in [-0.4, -0.2) is 35.8 Å². The molecule has 150 valence electrons. The lowest BCUT2D eigenvalue weighted by Gasteiger charge is -2.13. The van der Waals surface area contributed by atoms with Crippen LogP contribution >= 0.6 is 11.3 Å². The van der Waals surface area contributed by atoms with Crippen LogP contribution in [0.4, 0.5) is 11.4 Å². The molecule has 3 aromatic rings. The van der Waals surface area contributed by atoms with Crippen molar-refractivity contribution in [1.29, 1.82) is 0 Å². The number of carbonyl (C=O) groups excluding carboxylic acids is 2. The molecule has 0 spiro atoms. The summed E-state index contributed by atoms with van der Waals surface area (Å²) in [5, 5.41) is 8.36. The van der Waals surface area contributed by atoms with Gasteiger partial charge in [-0.2, -0.15) is 0 Å². The molecule has 2 amide bonds. The standard InChI is InChI=1S/C22H24N4O2S/c1-4-15-9-5-7-11-17(15)24-21(27)16-10-6-8-12-18(16)25-22(28)19-14-29-20(23-19)13-26(2)3/h5-12,14H,4,13H2,1-3H3,(H,24,27)(H,25,28). The molecule has 1 aromatic heterocycles. The lowest BCUT2D eigenvalue weighted by molar-refractivity contribution is 0.102. The molecule has 0 saturated carbocycles. The van der Waals surface area contributed by atoms with Crippen LogP contribution in [0.2, 0.25) is 0 Å². The van der Waals surface area contributed by atoms with E-state index >= 15 is 0 Å². The smallest absolute Gasteiger partial charge is 0.275 e. The van der Waals surface area contributed by atoms with Crippen LogP contribution in [-0.2, 0) is 13.0 Å². The highest BCUT2D eigenvalue weighted by Gasteiger charge is 2.17. The third kappa shape index (κ3) is 5.28. The SMILES string of the molecule is CCc1ccccc1NC(=O)c1ccccc1NC(=O)c1csc(CN(C)C)n1. The molecule has 0 radical (unpaired) electrons. The quantitative estimate of drug-likeness (QED) is 0.612. The van der Waals surface area contributed by atoms with Gasteiger partial charge >= 0.3 is 0 Å². The summed E-state index contributed by atoms with van der Waals surface area (Å²) in [6.45, 7) is 2.71. The number of aromatic nitrogens is 1. The molecule has 0 saturated heterocycles. The van der Waals surface area contributed by atoms with Gasteiger partial charge in [0.2, 0.25) is 0 Å². The van der Waals surface area contributed by atoms with E-state index in [2.05, 4.69) is 15.6 Å². The lowest BCUT2D eigenvalue weighted by Crippen LogP contribution is -2.19. The number of para-hydroxylation sites is 2. The molecule has 2 aromatic carbocycles. The molecule has 0 fully saturated rings. The van der Waals surface area contributed by atoms with Crippen molar-refractivity contribution in [2.75, 3.05) is 24.7 Å². The molecule has 29 heavy (non-hydrogen) atoms. The highest BCUT2D eigenvalue weighted by Crippen LogP contribution is 2.21. The first-order chi connectivity index (χ1) is 14.0. The van der Waals surface area contributed by atoms with Crippen LogP contribution in [0.3, 0.4) is 0 Å². The Bertz CT molecular complexity index is 1010. The van der Waals surface area contributed by atoms with E-state index in [4.69, 9.17) is 0 Å². The maximum absolute atomic E-state index is 12.9. The van der Waals surface area contributed by atoms with Gasteiger partial charge in [0.1, 0.15) is 10.7 Å². The highest BCUT2D eigenvalue weighted by atomic mass is 32.1. The molecule has 0 bridgehead atoms. The van der Waals surface area contributed by atoms with Gasteiger partial charge in [-0.05, 0) is 44.3 Å². The Labute approximate surface area is 174 Å². The van der Waals surface area contributed by atoms with Crippen molar-refractivity contribution in [3.8, 4) is 0 Å². The maximum Gasteiger partial charge on any atom is 0.275 e. The summed E-state index contributed by atoms with van der Waals surface area (Å²) in [5.74, 6) is -0.603. The summed E-state index contributed by atoms with van der Waals surface area (Å²) >= 11 is 1.44. The van der Waals surface area contributed by atoms with E-state index in [1.165, 1.54) is 11.3 Å².